The SMILES string of the molecule is C[NH+]=C(NC(C)(C)C)[C@H](Br)C(C)(C)C.O=C([O-])[C@@H](O)c1ccccc1. The van der Waals surface area contributed by atoms with Gasteiger partial charge >= 0.3 is 0 Å². The average molecular weight is 415 g/mol. The van der Waals surface area contributed by atoms with Crippen molar-refractivity contribution in [2.45, 2.75) is 58.0 Å². The molecule has 0 unspecified atom stereocenters. The normalized spacial score (nSPS) is 14.8. The summed E-state index contributed by atoms with van der Waals surface area (Å²) in [5.41, 5.74) is 0.638. The molecular weight excluding hydrogens is 384 g/mol. The van der Waals surface area contributed by atoms with E-state index >= 15 is 0 Å². The lowest BCUT2D eigenvalue weighted by molar-refractivity contribution is -0.424. The van der Waals surface area contributed by atoms with Crippen LogP contribution in [0.2, 0.25) is 0 Å². The van der Waals surface area contributed by atoms with Gasteiger partial charge in [0.15, 0.2) is 0 Å². The van der Waals surface area contributed by atoms with E-state index in [0.29, 0.717) is 10.4 Å². The maximum atomic E-state index is 10.1. The van der Waals surface area contributed by atoms with Crippen molar-refractivity contribution in [1.29, 1.82) is 0 Å². The molecule has 3 N–H and O–H groups in total. The van der Waals surface area contributed by atoms with Crippen molar-refractivity contribution in [3.63, 3.8) is 0 Å². The van der Waals surface area contributed by atoms with Crippen LogP contribution in [0.1, 0.15) is 53.2 Å². The van der Waals surface area contributed by atoms with Crippen LogP contribution in [0.4, 0.5) is 0 Å². The number of amidine groups is 1. The molecule has 0 saturated heterocycles. The van der Waals surface area contributed by atoms with E-state index < -0.39 is 12.1 Å². The minimum Gasteiger partial charge on any atom is -0.547 e. The molecule has 5 nitrogen and oxygen atoms in total. The average Bonchev–Trinajstić information content (AvgIpc) is 2.50. The van der Waals surface area contributed by atoms with Gasteiger partial charge in [-0.05, 0) is 31.7 Å². The molecule has 0 saturated carbocycles. The summed E-state index contributed by atoms with van der Waals surface area (Å²) in [7, 11) is 1.95. The number of carbonyl (C=O) groups excluding carboxylic acids is 1. The Morgan fingerprint density at radius 2 is 1.64 bits per heavy atom. The van der Waals surface area contributed by atoms with Gasteiger partial charge in [0.1, 0.15) is 10.9 Å². The molecule has 0 bridgehead atoms. The number of aliphatic hydroxyl groups is 1. The number of rotatable bonds is 3. The molecule has 1 rings (SSSR count). The second kappa shape index (κ2) is 9.92. The molecule has 142 valence electrons. The molecule has 6 heteroatoms. The second-order valence-electron chi connectivity index (χ2n) is 7.90. The van der Waals surface area contributed by atoms with E-state index in [1.807, 2.05) is 7.05 Å². The minimum absolute atomic E-state index is 0.0929. The van der Waals surface area contributed by atoms with E-state index in [-0.39, 0.29) is 11.0 Å². The number of alkyl halides is 1. The molecular formula is C19H31BrN2O3. The number of hydrogen-bond acceptors (Lipinski definition) is 3. The molecule has 25 heavy (non-hydrogen) atoms. The molecule has 0 aromatic heterocycles. The van der Waals surface area contributed by atoms with Crippen molar-refractivity contribution in [2.75, 3.05) is 7.05 Å². The first-order valence-corrected chi connectivity index (χ1v) is 9.12. The highest BCUT2D eigenvalue weighted by Gasteiger charge is 2.33. The predicted molar refractivity (Wildman–Crippen MR) is 103 cm³/mol. The Labute approximate surface area is 159 Å². The van der Waals surface area contributed by atoms with Gasteiger partial charge in [0.2, 0.25) is 0 Å². The lowest BCUT2D eigenvalue weighted by Crippen LogP contribution is -2.76. The number of benzene rings is 1. The van der Waals surface area contributed by atoms with Gasteiger partial charge in [-0.1, -0.05) is 67.0 Å². The van der Waals surface area contributed by atoms with E-state index in [4.69, 9.17) is 5.11 Å². The predicted octanol–water partition coefficient (Wildman–Crippen LogP) is 0.763. The molecule has 0 radical (unpaired) electrons. The quantitative estimate of drug-likeness (QED) is 0.387. The molecule has 0 fully saturated rings. The molecule has 0 heterocycles. The lowest BCUT2D eigenvalue weighted by atomic mass is 9.91. The van der Waals surface area contributed by atoms with Crippen LogP contribution in [0.5, 0.6) is 0 Å². The first-order valence-electron chi connectivity index (χ1n) is 8.20. The van der Waals surface area contributed by atoms with Gasteiger partial charge in [0.05, 0.1) is 18.6 Å². The fourth-order valence-electron chi connectivity index (χ4n) is 1.86. The number of hydrogen-bond donors (Lipinski definition) is 3. The Hall–Kier alpha value is -1.40. The molecule has 0 spiro atoms. The molecule has 0 aliphatic carbocycles. The lowest BCUT2D eigenvalue weighted by Gasteiger charge is -2.27. The fraction of sp³-hybridized carbons (Fsp3) is 0.579. The van der Waals surface area contributed by atoms with Crippen molar-refractivity contribution in [1.82, 2.24) is 5.32 Å². The third-order valence-electron chi connectivity index (χ3n) is 3.13. The Morgan fingerprint density at radius 3 is 1.96 bits per heavy atom. The Kier molecular flexibility index (Phi) is 9.37. The maximum absolute atomic E-state index is 10.1. The largest absolute Gasteiger partial charge is 0.547 e. The van der Waals surface area contributed by atoms with E-state index in [2.05, 4.69) is 67.8 Å². The topological polar surface area (TPSA) is 86.4 Å². The third kappa shape index (κ3) is 9.60. The highest BCUT2D eigenvalue weighted by molar-refractivity contribution is 9.10. The summed E-state index contributed by atoms with van der Waals surface area (Å²) >= 11 is 3.72. The summed E-state index contributed by atoms with van der Waals surface area (Å²) < 4.78 is 0. The highest BCUT2D eigenvalue weighted by Crippen LogP contribution is 2.26. The van der Waals surface area contributed by atoms with Crippen molar-refractivity contribution >= 4 is 27.7 Å². The van der Waals surface area contributed by atoms with Crippen LogP contribution >= 0.6 is 15.9 Å². The Morgan fingerprint density at radius 1 is 1.16 bits per heavy atom. The van der Waals surface area contributed by atoms with Gasteiger partial charge in [-0.2, -0.15) is 0 Å². The van der Waals surface area contributed by atoms with Crippen LogP contribution in [0.3, 0.4) is 0 Å². The van der Waals surface area contributed by atoms with Crippen molar-refractivity contribution in [2.24, 2.45) is 5.41 Å². The zero-order valence-corrected chi connectivity index (χ0v) is 17.8. The molecule has 1 aromatic rings. The molecule has 1 aromatic carbocycles. The van der Waals surface area contributed by atoms with Crippen molar-refractivity contribution < 1.29 is 20.0 Å². The van der Waals surface area contributed by atoms with Crippen LogP contribution in [-0.2, 0) is 4.79 Å². The zero-order chi connectivity index (χ0) is 19.8. The molecule has 0 aliphatic heterocycles. The number of aliphatic carboxylic acids is 1. The Balaban J connectivity index is 0.000000472. The van der Waals surface area contributed by atoms with Crippen molar-refractivity contribution in [3.05, 3.63) is 35.9 Å². The smallest absolute Gasteiger partial charge is 0.257 e. The van der Waals surface area contributed by atoms with Crippen molar-refractivity contribution in [3.8, 4) is 0 Å². The summed E-state index contributed by atoms with van der Waals surface area (Å²) in [5, 5.41) is 22.5. The monoisotopic (exact) mass is 414 g/mol. The van der Waals surface area contributed by atoms with Gasteiger partial charge < -0.3 is 15.0 Å². The van der Waals surface area contributed by atoms with Gasteiger partial charge in [-0.25, -0.2) is 0 Å². The van der Waals surface area contributed by atoms with Crippen LogP contribution in [0.25, 0.3) is 0 Å². The molecule has 0 aliphatic rings. The highest BCUT2D eigenvalue weighted by atomic mass is 79.9. The first-order chi connectivity index (χ1) is 11.3. The van der Waals surface area contributed by atoms with E-state index in [1.54, 1.807) is 18.2 Å². The number of nitrogens with one attached hydrogen (secondary N) is 2. The summed E-state index contributed by atoms with van der Waals surface area (Å²) in [6, 6.07) is 8.11. The Bertz CT molecular complexity index is 560. The van der Waals surface area contributed by atoms with Crippen LogP contribution in [0.15, 0.2) is 30.3 Å². The standard InChI is InChI=1S/C11H23BrN2.C8H8O3/c1-10(2,3)8(12)9(13-7)14-11(4,5)6;9-7(8(10)11)6-4-2-1-3-5-6/h8H,1-7H3,(H,13,14);1-5,7,9H,(H,10,11)/t8-;7-/m00/s1. The molecule has 2 atom stereocenters. The number of carboxylic acid groups (broad SMARTS) is 1. The third-order valence-corrected chi connectivity index (χ3v) is 4.96. The number of carboxylic acids is 1. The van der Waals surface area contributed by atoms with Gasteiger partial charge in [0, 0.05) is 0 Å². The van der Waals surface area contributed by atoms with E-state index in [1.165, 1.54) is 12.1 Å². The first kappa shape index (κ1) is 23.6. The van der Waals surface area contributed by atoms with E-state index in [0.717, 1.165) is 5.84 Å². The van der Waals surface area contributed by atoms with Crippen LogP contribution in [0, 0.1) is 5.41 Å². The van der Waals surface area contributed by atoms with Gasteiger partial charge in [-0.15, -0.1) is 0 Å². The number of aliphatic hydroxyl groups excluding tert-OH is 1. The van der Waals surface area contributed by atoms with Gasteiger partial charge in [0.25, 0.3) is 5.84 Å². The summed E-state index contributed by atoms with van der Waals surface area (Å²) in [6.45, 7) is 13.1. The van der Waals surface area contributed by atoms with Crippen LogP contribution in [-0.4, -0.2) is 34.3 Å². The fourth-order valence-corrected chi connectivity index (χ4v) is 2.20. The van der Waals surface area contributed by atoms with E-state index in [9.17, 15) is 9.90 Å². The zero-order valence-electron chi connectivity index (χ0n) is 16.2. The minimum atomic E-state index is -1.52. The molecule has 0 amide bonds. The maximum Gasteiger partial charge on any atom is 0.257 e. The van der Waals surface area contributed by atoms with Gasteiger partial charge in [-0.3, -0.25) is 10.3 Å². The summed E-state index contributed by atoms with van der Waals surface area (Å²) in [5.74, 6) is -0.332. The summed E-state index contributed by atoms with van der Waals surface area (Å²) in [4.78, 5) is 13.7. The van der Waals surface area contributed by atoms with Crippen LogP contribution < -0.4 is 15.4 Å². The number of halogens is 1. The summed E-state index contributed by atoms with van der Waals surface area (Å²) in [6.07, 6.45) is -1.52. The second-order valence-corrected chi connectivity index (χ2v) is 8.82. The number of carbonyl (C=O) groups is 1.